The van der Waals surface area contributed by atoms with Crippen molar-refractivity contribution in [3.05, 3.63) is 57.5 Å². The van der Waals surface area contributed by atoms with Crippen molar-refractivity contribution in [2.75, 3.05) is 31.5 Å². The first-order valence-electron chi connectivity index (χ1n) is 7.69. The number of aromatic nitrogens is 2. The van der Waals surface area contributed by atoms with E-state index in [-0.39, 0.29) is 23.2 Å². The van der Waals surface area contributed by atoms with Gasteiger partial charge in [0.05, 0.1) is 0 Å². The standard InChI is InChI=1S/C16H16ClN5O3/c17-11-1-3-12(4-2-11)18-16(25)22-9-7-21(8-10-22)15(24)13-5-6-14(23)20-19-13/h1-6H,7-10H2,(H,18,25)(H,20,23). The fourth-order valence-corrected chi connectivity index (χ4v) is 2.60. The Kier molecular flexibility index (Phi) is 4.99. The SMILES string of the molecule is O=C(Nc1ccc(Cl)cc1)N1CCN(C(=O)c2ccc(=O)[nH]n2)CC1. The van der Waals surface area contributed by atoms with E-state index in [1.165, 1.54) is 12.1 Å². The molecule has 2 N–H and O–H groups in total. The number of hydrogen-bond donors (Lipinski definition) is 2. The fourth-order valence-electron chi connectivity index (χ4n) is 2.47. The van der Waals surface area contributed by atoms with Gasteiger partial charge in [0, 0.05) is 43.0 Å². The molecule has 130 valence electrons. The number of carbonyl (C=O) groups is 2. The summed E-state index contributed by atoms with van der Waals surface area (Å²) in [7, 11) is 0. The van der Waals surface area contributed by atoms with E-state index in [1.54, 1.807) is 34.1 Å². The molecular formula is C16H16ClN5O3. The molecule has 1 aliphatic rings. The maximum Gasteiger partial charge on any atom is 0.321 e. The molecule has 25 heavy (non-hydrogen) atoms. The number of anilines is 1. The van der Waals surface area contributed by atoms with E-state index in [4.69, 9.17) is 11.6 Å². The lowest BCUT2D eigenvalue weighted by Crippen LogP contribution is -2.51. The number of amides is 3. The summed E-state index contributed by atoms with van der Waals surface area (Å²) in [5, 5.41) is 9.37. The van der Waals surface area contributed by atoms with E-state index in [0.29, 0.717) is 36.9 Å². The molecule has 0 atom stereocenters. The minimum atomic E-state index is -0.361. The van der Waals surface area contributed by atoms with Gasteiger partial charge < -0.3 is 15.1 Å². The van der Waals surface area contributed by atoms with Crippen LogP contribution in [0.1, 0.15) is 10.5 Å². The van der Waals surface area contributed by atoms with Crippen LogP contribution in [0.3, 0.4) is 0 Å². The van der Waals surface area contributed by atoms with E-state index in [9.17, 15) is 14.4 Å². The van der Waals surface area contributed by atoms with Gasteiger partial charge in [-0.25, -0.2) is 9.89 Å². The number of carbonyl (C=O) groups excluding carboxylic acids is 2. The number of benzene rings is 1. The van der Waals surface area contributed by atoms with Crippen molar-refractivity contribution in [1.29, 1.82) is 0 Å². The van der Waals surface area contributed by atoms with Gasteiger partial charge in [-0.1, -0.05) is 11.6 Å². The van der Waals surface area contributed by atoms with Crippen LogP contribution in [0.4, 0.5) is 10.5 Å². The Balaban J connectivity index is 1.55. The highest BCUT2D eigenvalue weighted by Crippen LogP contribution is 2.14. The van der Waals surface area contributed by atoms with E-state index < -0.39 is 0 Å². The van der Waals surface area contributed by atoms with Crippen LogP contribution in [0, 0.1) is 0 Å². The molecular weight excluding hydrogens is 346 g/mol. The second-order valence-electron chi connectivity index (χ2n) is 5.52. The van der Waals surface area contributed by atoms with Crippen LogP contribution in [-0.2, 0) is 0 Å². The molecule has 0 radical (unpaired) electrons. The Bertz CT molecular complexity index is 808. The lowest BCUT2D eigenvalue weighted by atomic mass is 10.2. The second kappa shape index (κ2) is 7.35. The fraction of sp³-hybridized carbons (Fsp3) is 0.250. The van der Waals surface area contributed by atoms with Gasteiger partial charge >= 0.3 is 6.03 Å². The Labute approximate surface area is 148 Å². The number of halogens is 1. The average Bonchev–Trinajstić information content (AvgIpc) is 2.64. The van der Waals surface area contributed by atoms with Crippen LogP contribution in [0.2, 0.25) is 5.02 Å². The van der Waals surface area contributed by atoms with Gasteiger partial charge in [0.25, 0.3) is 11.5 Å². The van der Waals surface area contributed by atoms with Crippen LogP contribution in [0.15, 0.2) is 41.2 Å². The zero-order valence-electron chi connectivity index (χ0n) is 13.2. The summed E-state index contributed by atoms with van der Waals surface area (Å²) >= 11 is 5.82. The molecule has 1 fully saturated rings. The minimum Gasteiger partial charge on any atom is -0.334 e. The summed E-state index contributed by atoms with van der Waals surface area (Å²) in [6.07, 6.45) is 0. The Morgan fingerprint density at radius 2 is 1.64 bits per heavy atom. The predicted molar refractivity (Wildman–Crippen MR) is 92.8 cm³/mol. The molecule has 2 heterocycles. The van der Waals surface area contributed by atoms with E-state index in [0.717, 1.165) is 0 Å². The summed E-state index contributed by atoms with van der Waals surface area (Å²) < 4.78 is 0. The molecule has 3 amide bonds. The monoisotopic (exact) mass is 361 g/mol. The number of nitrogens with one attached hydrogen (secondary N) is 2. The van der Waals surface area contributed by atoms with Crippen molar-refractivity contribution in [3.63, 3.8) is 0 Å². The highest BCUT2D eigenvalue weighted by Gasteiger charge is 2.25. The van der Waals surface area contributed by atoms with Gasteiger partial charge in [-0.2, -0.15) is 5.10 Å². The van der Waals surface area contributed by atoms with Crippen molar-refractivity contribution < 1.29 is 9.59 Å². The molecule has 1 aliphatic heterocycles. The van der Waals surface area contributed by atoms with Crippen LogP contribution in [-0.4, -0.2) is 58.1 Å². The quantitative estimate of drug-likeness (QED) is 0.845. The number of piperazine rings is 1. The number of H-pyrrole nitrogens is 1. The van der Waals surface area contributed by atoms with Crippen LogP contribution >= 0.6 is 11.6 Å². The average molecular weight is 362 g/mol. The summed E-state index contributed by atoms with van der Waals surface area (Å²) in [5.41, 5.74) is 0.476. The summed E-state index contributed by atoms with van der Waals surface area (Å²) in [5.74, 6) is -0.269. The molecule has 0 unspecified atom stereocenters. The van der Waals surface area contributed by atoms with Crippen LogP contribution < -0.4 is 10.9 Å². The molecule has 0 saturated carbocycles. The molecule has 0 spiro atoms. The molecule has 0 bridgehead atoms. The molecule has 1 aromatic carbocycles. The van der Waals surface area contributed by atoms with Gasteiger partial charge in [-0.3, -0.25) is 9.59 Å². The Morgan fingerprint density at radius 1 is 1.00 bits per heavy atom. The summed E-state index contributed by atoms with van der Waals surface area (Å²) in [4.78, 5) is 38.8. The molecule has 8 nitrogen and oxygen atoms in total. The maximum atomic E-state index is 12.3. The third-order valence-electron chi connectivity index (χ3n) is 3.85. The van der Waals surface area contributed by atoms with Gasteiger partial charge in [0.2, 0.25) is 0 Å². The van der Waals surface area contributed by atoms with Crippen molar-refractivity contribution >= 4 is 29.2 Å². The zero-order valence-corrected chi connectivity index (χ0v) is 14.0. The van der Waals surface area contributed by atoms with Gasteiger partial charge in [-0.05, 0) is 30.3 Å². The topological polar surface area (TPSA) is 98.4 Å². The number of nitrogens with zero attached hydrogens (tertiary/aromatic N) is 3. The first-order chi connectivity index (χ1) is 12.0. The lowest BCUT2D eigenvalue weighted by Gasteiger charge is -2.34. The van der Waals surface area contributed by atoms with E-state index in [2.05, 4.69) is 15.5 Å². The Morgan fingerprint density at radius 3 is 2.24 bits per heavy atom. The predicted octanol–water partition coefficient (Wildman–Crippen LogP) is 1.41. The molecule has 1 saturated heterocycles. The van der Waals surface area contributed by atoms with Crippen molar-refractivity contribution in [2.45, 2.75) is 0 Å². The summed E-state index contributed by atoms with van der Waals surface area (Å²) in [6.45, 7) is 1.62. The number of urea groups is 1. The van der Waals surface area contributed by atoms with Crippen molar-refractivity contribution in [3.8, 4) is 0 Å². The first kappa shape index (κ1) is 17.0. The molecule has 9 heteroatoms. The second-order valence-corrected chi connectivity index (χ2v) is 5.96. The van der Waals surface area contributed by atoms with Gasteiger partial charge in [0.1, 0.15) is 5.69 Å². The minimum absolute atomic E-state index is 0.179. The zero-order chi connectivity index (χ0) is 17.8. The highest BCUT2D eigenvalue weighted by molar-refractivity contribution is 6.30. The van der Waals surface area contributed by atoms with Crippen molar-refractivity contribution in [1.82, 2.24) is 20.0 Å². The van der Waals surface area contributed by atoms with E-state index >= 15 is 0 Å². The number of rotatable bonds is 2. The molecule has 3 rings (SSSR count). The molecule has 2 aromatic rings. The van der Waals surface area contributed by atoms with Gasteiger partial charge in [0.15, 0.2) is 0 Å². The van der Waals surface area contributed by atoms with Gasteiger partial charge in [-0.15, -0.1) is 0 Å². The smallest absolute Gasteiger partial charge is 0.321 e. The maximum absolute atomic E-state index is 12.3. The van der Waals surface area contributed by atoms with E-state index in [1.807, 2.05) is 0 Å². The molecule has 1 aromatic heterocycles. The largest absolute Gasteiger partial charge is 0.334 e. The van der Waals surface area contributed by atoms with Crippen LogP contribution in [0.5, 0.6) is 0 Å². The third-order valence-corrected chi connectivity index (χ3v) is 4.10. The first-order valence-corrected chi connectivity index (χ1v) is 8.07. The third kappa shape index (κ3) is 4.16. The summed E-state index contributed by atoms with van der Waals surface area (Å²) in [6, 6.07) is 9.27. The number of aromatic amines is 1. The lowest BCUT2D eigenvalue weighted by molar-refractivity contribution is 0.0664. The normalized spacial score (nSPS) is 14.3. The Hall–Kier alpha value is -2.87. The highest BCUT2D eigenvalue weighted by atomic mass is 35.5. The van der Waals surface area contributed by atoms with Crippen LogP contribution in [0.25, 0.3) is 0 Å². The van der Waals surface area contributed by atoms with Crippen molar-refractivity contribution in [2.24, 2.45) is 0 Å². The molecule has 0 aliphatic carbocycles. The number of hydrogen-bond acceptors (Lipinski definition) is 4.